The molecule has 1 amide bonds. The van der Waals surface area contributed by atoms with Gasteiger partial charge >= 0.3 is 12.1 Å². The maximum Gasteiger partial charge on any atom is 0.429 e. The Hall–Kier alpha value is -5.06. The van der Waals surface area contributed by atoms with Gasteiger partial charge in [-0.05, 0) is 89.4 Å². The molecule has 0 bridgehead atoms. The lowest BCUT2D eigenvalue weighted by atomic mass is 9.89. The number of fused-ring (bicyclic) bond motifs is 2. The van der Waals surface area contributed by atoms with Crippen LogP contribution in [0.3, 0.4) is 0 Å². The number of amides is 1. The molecule has 11 nitrogen and oxygen atoms in total. The average molecular weight is 743 g/mol. The third-order valence-corrected chi connectivity index (χ3v) is 10.3. The number of nitrogens with zero attached hydrogens (tertiary/aromatic N) is 6. The molecular formula is C41H48F2N6O5. The fourth-order valence-electron chi connectivity index (χ4n) is 7.22. The topological polar surface area (TPSA) is 102 Å². The molecule has 54 heavy (non-hydrogen) atoms. The summed E-state index contributed by atoms with van der Waals surface area (Å²) < 4.78 is 55.6. The zero-order valence-electron chi connectivity index (χ0n) is 31.9. The molecule has 0 N–H and O–H groups in total. The number of ether oxygens (including phenoxy) is 4. The van der Waals surface area contributed by atoms with Gasteiger partial charge in [0.1, 0.15) is 35.0 Å². The summed E-state index contributed by atoms with van der Waals surface area (Å²) in [4.78, 5) is 30.1. The summed E-state index contributed by atoms with van der Waals surface area (Å²) in [6.45, 7) is 16.1. The van der Waals surface area contributed by atoms with Crippen molar-refractivity contribution in [3.63, 3.8) is 0 Å². The highest BCUT2D eigenvalue weighted by Gasteiger charge is 2.43. The Morgan fingerprint density at radius 2 is 1.91 bits per heavy atom. The van der Waals surface area contributed by atoms with Gasteiger partial charge in [0.25, 0.3) is 0 Å². The second-order valence-corrected chi connectivity index (χ2v) is 15.1. The number of methoxy groups -OCH3 is 1. The van der Waals surface area contributed by atoms with Crippen LogP contribution in [0, 0.1) is 29.9 Å². The lowest BCUT2D eigenvalue weighted by molar-refractivity contribution is 0.0231. The van der Waals surface area contributed by atoms with Gasteiger partial charge in [-0.15, -0.1) is 13.0 Å². The molecule has 4 aromatic rings. The van der Waals surface area contributed by atoms with Crippen LogP contribution in [0.1, 0.15) is 65.9 Å². The molecule has 286 valence electrons. The predicted molar refractivity (Wildman–Crippen MR) is 204 cm³/mol. The Morgan fingerprint density at radius 1 is 1.13 bits per heavy atom. The number of pyridine rings is 1. The first-order chi connectivity index (χ1) is 25.8. The minimum atomic E-state index is -0.814. The fraction of sp³-hybridized carbons (Fsp3) is 0.463. The normalized spacial score (nSPS) is 19.5. The highest BCUT2D eigenvalue weighted by Crippen LogP contribution is 2.40. The Kier molecular flexibility index (Phi) is 11.3. The number of carbonyl (C=O) groups is 1. The lowest BCUT2D eigenvalue weighted by Gasteiger charge is -2.37. The summed E-state index contributed by atoms with van der Waals surface area (Å²) in [5.41, 5.74) is -1.22. The first-order valence-electron chi connectivity index (χ1n) is 18.3. The molecule has 0 radical (unpaired) electrons. The van der Waals surface area contributed by atoms with Crippen LogP contribution in [0.5, 0.6) is 11.8 Å². The van der Waals surface area contributed by atoms with Crippen LogP contribution in [0.15, 0.2) is 43.1 Å². The third-order valence-electron chi connectivity index (χ3n) is 10.3. The molecule has 2 aliphatic rings. The largest absolute Gasteiger partial charge is 0.468 e. The summed E-state index contributed by atoms with van der Waals surface area (Å²) >= 11 is 0. The van der Waals surface area contributed by atoms with Gasteiger partial charge in [0.15, 0.2) is 18.4 Å². The molecule has 2 aromatic carbocycles. The van der Waals surface area contributed by atoms with Crippen LogP contribution in [0.25, 0.3) is 32.9 Å². The summed E-state index contributed by atoms with van der Waals surface area (Å²) in [5.74, 6) is 1.84. The smallest absolute Gasteiger partial charge is 0.429 e. The summed E-state index contributed by atoms with van der Waals surface area (Å²) in [7, 11) is 1.48. The van der Waals surface area contributed by atoms with Crippen LogP contribution >= 0.6 is 0 Å². The Labute approximate surface area is 315 Å². The molecule has 13 heteroatoms. The number of halogens is 2. The van der Waals surface area contributed by atoms with Gasteiger partial charge in [0, 0.05) is 43.9 Å². The van der Waals surface area contributed by atoms with E-state index in [4.69, 9.17) is 30.4 Å². The van der Waals surface area contributed by atoms with E-state index in [-0.39, 0.29) is 69.8 Å². The van der Waals surface area contributed by atoms with Crippen molar-refractivity contribution < 1.29 is 32.5 Å². The second kappa shape index (κ2) is 15.7. The van der Waals surface area contributed by atoms with Gasteiger partial charge in [-0.25, -0.2) is 18.6 Å². The second-order valence-electron chi connectivity index (χ2n) is 15.1. The van der Waals surface area contributed by atoms with E-state index in [1.807, 2.05) is 6.08 Å². The highest BCUT2D eigenvalue weighted by atomic mass is 19.1. The van der Waals surface area contributed by atoms with E-state index in [1.54, 1.807) is 44.0 Å². The maximum absolute atomic E-state index is 17.4. The van der Waals surface area contributed by atoms with E-state index in [1.165, 1.54) is 24.4 Å². The van der Waals surface area contributed by atoms with Crippen LogP contribution in [0.4, 0.5) is 19.4 Å². The molecule has 2 aromatic heterocycles. The molecular weight excluding hydrogens is 694 g/mol. The Bertz CT molecular complexity index is 2100. The van der Waals surface area contributed by atoms with Crippen molar-refractivity contribution in [3.05, 3.63) is 60.3 Å². The van der Waals surface area contributed by atoms with Gasteiger partial charge in [-0.2, -0.15) is 9.97 Å². The SMILES string of the molecule is C#Cc1c(F)ccc2cc(OCOC)cc(-c3ncc4c(N5CCCCCN5C(=O)OC(C)(C)C)nc(OCC5(C)C(C)CCN5CC=C)nc4c3F)c12. The molecule has 0 aliphatic carbocycles. The number of benzene rings is 2. The zero-order chi connectivity index (χ0) is 38.8. The van der Waals surface area contributed by atoms with Crippen molar-refractivity contribution in [1.82, 2.24) is 24.9 Å². The Balaban J connectivity index is 1.56. The van der Waals surface area contributed by atoms with Crippen LogP contribution < -0.4 is 14.5 Å². The van der Waals surface area contributed by atoms with E-state index >= 15 is 8.78 Å². The average Bonchev–Trinajstić information content (AvgIpc) is 3.27. The first kappa shape index (κ1) is 38.7. The molecule has 0 spiro atoms. The minimum absolute atomic E-state index is 0.0462. The predicted octanol–water partition coefficient (Wildman–Crippen LogP) is 7.89. The minimum Gasteiger partial charge on any atom is -0.468 e. The number of hydrogen-bond acceptors (Lipinski definition) is 10. The van der Waals surface area contributed by atoms with Gasteiger partial charge in [-0.3, -0.25) is 14.9 Å². The molecule has 2 aliphatic heterocycles. The lowest BCUT2D eigenvalue weighted by Crippen LogP contribution is -2.50. The van der Waals surface area contributed by atoms with E-state index in [0.717, 1.165) is 32.2 Å². The number of hydrogen-bond donors (Lipinski definition) is 0. The molecule has 4 heterocycles. The Morgan fingerprint density at radius 3 is 2.63 bits per heavy atom. The summed E-state index contributed by atoms with van der Waals surface area (Å²) in [6, 6.07) is 5.96. The molecule has 2 saturated heterocycles. The number of terminal acetylenes is 1. The summed E-state index contributed by atoms with van der Waals surface area (Å²) in [5, 5.41) is 4.26. The van der Waals surface area contributed by atoms with Crippen LogP contribution in [-0.4, -0.2) is 88.8 Å². The molecule has 6 rings (SSSR count). The third kappa shape index (κ3) is 7.63. The van der Waals surface area contributed by atoms with Crippen molar-refractivity contribution in [2.75, 3.05) is 51.7 Å². The highest BCUT2D eigenvalue weighted by molar-refractivity contribution is 6.03. The number of aromatic nitrogens is 3. The first-order valence-corrected chi connectivity index (χ1v) is 18.3. The maximum atomic E-state index is 17.4. The van der Waals surface area contributed by atoms with Crippen molar-refractivity contribution >= 4 is 33.6 Å². The van der Waals surface area contributed by atoms with Crippen molar-refractivity contribution in [2.45, 2.75) is 71.4 Å². The number of likely N-dealkylation sites (tertiary alicyclic amines) is 1. The van der Waals surface area contributed by atoms with E-state index in [0.29, 0.717) is 30.8 Å². The number of carbonyl (C=O) groups excluding carboxylic acids is 1. The van der Waals surface area contributed by atoms with Crippen molar-refractivity contribution in [1.29, 1.82) is 0 Å². The standard InChI is InChI=1S/C41H48F2N6O5/c1-9-17-47-20-16-26(3)41(47,7)24-52-38-45-36-31(37(46-38)48-18-12-11-13-19-49(48)39(50)54-40(4,5)6)23-44-35(34(36)43)30-22-28(53-25-51-8)21-27-14-15-32(42)29(10-2)33(27)30/h2,9,14-15,21-23,26H,1,11-13,16-20,24-25H2,3-8H3. The van der Waals surface area contributed by atoms with E-state index in [9.17, 15) is 4.79 Å². The molecule has 2 atom stereocenters. The van der Waals surface area contributed by atoms with Gasteiger partial charge < -0.3 is 18.9 Å². The van der Waals surface area contributed by atoms with Gasteiger partial charge in [0.05, 0.1) is 16.5 Å². The van der Waals surface area contributed by atoms with Crippen molar-refractivity contribution in [2.24, 2.45) is 5.92 Å². The van der Waals surface area contributed by atoms with Crippen LogP contribution in [-0.2, 0) is 9.47 Å². The number of anilines is 1. The molecule has 2 unspecified atom stereocenters. The number of rotatable bonds is 10. The number of hydrazine groups is 1. The monoisotopic (exact) mass is 742 g/mol. The van der Waals surface area contributed by atoms with E-state index in [2.05, 4.69) is 41.2 Å². The van der Waals surface area contributed by atoms with Gasteiger partial charge in [0.2, 0.25) is 0 Å². The van der Waals surface area contributed by atoms with Crippen molar-refractivity contribution in [3.8, 4) is 35.4 Å². The summed E-state index contributed by atoms with van der Waals surface area (Å²) in [6.07, 6.45) is 11.9. The molecule has 0 saturated carbocycles. The fourth-order valence-corrected chi connectivity index (χ4v) is 7.22. The quantitative estimate of drug-likeness (QED) is 0.0906. The zero-order valence-corrected chi connectivity index (χ0v) is 31.9. The van der Waals surface area contributed by atoms with Gasteiger partial charge in [-0.1, -0.05) is 25.0 Å². The van der Waals surface area contributed by atoms with Crippen LogP contribution in [0.2, 0.25) is 0 Å². The van der Waals surface area contributed by atoms with E-state index < -0.39 is 23.3 Å². The molecule has 2 fully saturated rings.